The zero-order valence-electron chi connectivity index (χ0n) is 16.6. The van der Waals surface area contributed by atoms with Crippen molar-refractivity contribution in [2.45, 2.75) is 36.4 Å². The Bertz CT molecular complexity index is 1230. The summed E-state index contributed by atoms with van der Waals surface area (Å²) in [6, 6.07) is 9.40. The molecule has 0 radical (unpaired) electrons. The predicted molar refractivity (Wildman–Crippen MR) is 109 cm³/mol. The molecule has 1 aliphatic carbocycles. The minimum Gasteiger partial charge on any atom is -0.316 e. The van der Waals surface area contributed by atoms with Gasteiger partial charge < -0.3 is 5.32 Å². The Morgan fingerprint density at radius 3 is 2.42 bits per heavy atom. The van der Waals surface area contributed by atoms with E-state index in [0.29, 0.717) is 18.2 Å². The number of alkyl halides is 3. The Hall–Kier alpha value is -2.65. The van der Waals surface area contributed by atoms with E-state index in [4.69, 9.17) is 0 Å². The van der Waals surface area contributed by atoms with Crippen molar-refractivity contribution in [3.05, 3.63) is 77.2 Å². The van der Waals surface area contributed by atoms with Crippen molar-refractivity contribution in [1.29, 1.82) is 0 Å². The zero-order valence-corrected chi connectivity index (χ0v) is 17.4. The van der Waals surface area contributed by atoms with Gasteiger partial charge in [-0.2, -0.15) is 13.2 Å². The SMILES string of the molecule is CNCc1cn(S(=O)(=O)c2cccc(C(F)(F)F)c2)c(-c2ccccc2F)c1C1CC1. The number of nitrogens with one attached hydrogen (secondary N) is 1. The Morgan fingerprint density at radius 1 is 1.10 bits per heavy atom. The summed E-state index contributed by atoms with van der Waals surface area (Å²) < 4.78 is 82.2. The summed E-state index contributed by atoms with van der Waals surface area (Å²) in [5, 5.41) is 2.98. The van der Waals surface area contributed by atoms with Gasteiger partial charge in [0.2, 0.25) is 0 Å². The van der Waals surface area contributed by atoms with E-state index in [1.165, 1.54) is 24.4 Å². The minimum atomic E-state index is -4.69. The normalized spacial score (nSPS) is 14.7. The third-order valence-electron chi connectivity index (χ3n) is 5.29. The van der Waals surface area contributed by atoms with Gasteiger partial charge in [-0.15, -0.1) is 0 Å². The zero-order chi connectivity index (χ0) is 22.4. The number of benzene rings is 2. The molecule has 1 aliphatic rings. The number of hydrogen-bond donors (Lipinski definition) is 1. The molecule has 4 nitrogen and oxygen atoms in total. The summed E-state index contributed by atoms with van der Waals surface area (Å²) in [7, 11) is -2.71. The molecule has 4 rings (SSSR count). The van der Waals surface area contributed by atoms with Crippen molar-refractivity contribution in [3.63, 3.8) is 0 Å². The minimum absolute atomic E-state index is 0.0796. The van der Waals surface area contributed by atoms with Gasteiger partial charge in [0.15, 0.2) is 0 Å². The van der Waals surface area contributed by atoms with Crippen molar-refractivity contribution in [1.82, 2.24) is 9.29 Å². The van der Waals surface area contributed by atoms with Crippen LogP contribution in [0.25, 0.3) is 11.3 Å². The van der Waals surface area contributed by atoms with Crippen LogP contribution < -0.4 is 5.32 Å². The lowest BCUT2D eigenvalue weighted by Crippen LogP contribution is -2.15. The van der Waals surface area contributed by atoms with Gasteiger partial charge in [0.05, 0.1) is 16.2 Å². The van der Waals surface area contributed by atoms with Crippen LogP contribution >= 0.6 is 0 Å². The molecule has 1 saturated carbocycles. The molecule has 0 atom stereocenters. The summed E-state index contributed by atoms with van der Waals surface area (Å²) in [6.07, 6.45) is -1.62. The van der Waals surface area contributed by atoms with Gasteiger partial charge in [-0.05, 0) is 67.3 Å². The standard InChI is InChI=1S/C22H20F4N2O2S/c1-27-12-15-13-28(31(29,30)17-6-4-5-16(11-17)22(24,25)26)21(20(15)14-9-10-14)18-7-2-3-8-19(18)23/h2-8,11,13-14,27H,9-10,12H2,1H3. The fourth-order valence-electron chi connectivity index (χ4n) is 3.76. The van der Waals surface area contributed by atoms with Crippen molar-refractivity contribution >= 4 is 10.0 Å². The smallest absolute Gasteiger partial charge is 0.316 e. The fourth-order valence-corrected chi connectivity index (χ4v) is 5.21. The monoisotopic (exact) mass is 452 g/mol. The van der Waals surface area contributed by atoms with Crippen LogP contribution in [-0.4, -0.2) is 19.4 Å². The molecule has 164 valence electrons. The molecule has 0 saturated heterocycles. The van der Waals surface area contributed by atoms with E-state index in [9.17, 15) is 26.0 Å². The maximum atomic E-state index is 14.8. The summed E-state index contributed by atoms with van der Waals surface area (Å²) in [5.41, 5.74) is 0.602. The Balaban J connectivity index is 1.98. The van der Waals surface area contributed by atoms with E-state index in [-0.39, 0.29) is 17.2 Å². The van der Waals surface area contributed by atoms with E-state index in [1.807, 2.05) is 0 Å². The van der Waals surface area contributed by atoms with E-state index in [0.717, 1.165) is 40.6 Å². The van der Waals surface area contributed by atoms with Crippen LogP contribution in [-0.2, 0) is 22.7 Å². The molecule has 1 N–H and O–H groups in total. The maximum Gasteiger partial charge on any atom is 0.416 e. The molecule has 1 heterocycles. The molecule has 9 heteroatoms. The summed E-state index contributed by atoms with van der Waals surface area (Å²) in [4.78, 5) is -0.506. The molecule has 2 aromatic carbocycles. The van der Waals surface area contributed by atoms with Gasteiger partial charge in [-0.25, -0.2) is 16.8 Å². The number of aromatic nitrogens is 1. The average Bonchev–Trinajstić information content (AvgIpc) is 3.49. The summed E-state index contributed by atoms with van der Waals surface area (Å²) >= 11 is 0. The van der Waals surface area contributed by atoms with E-state index in [2.05, 4.69) is 5.32 Å². The molecule has 0 unspecified atom stereocenters. The van der Waals surface area contributed by atoms with Crippen molar-refractivity contribution < 1.29 is 26.0 Å². The van der Waals surface area contributed by atoms with Gasteiger partial charge in [0.1, 0.15) is 5.82 Å². The molecule has 0 spiro atoms. The van der Waals surface area contributed by atoms with Gasteiger partial charge in [0, 0.05) is 18.3 Å². The summed E-state index contributed by atoms with van der Waals surface area (Å²) in [6.45, 7) is 0.346. The second kappa shape index (κ2) is 7.80. The van der Waals surface area contributed by atoms with E-state index < -0.39 is 32.5 Å². The van der Waals surface area contributed by atoms with Crippen LogP contribution in [0.15, 0.2) is 59.6 Å². The first-order valence-corrected chi connectivity index (χ1v) is 11.1. The van der Waals surface area contributed by atoms with E-state index in [1.54, 1.807) is 13.1 Å². The predicted octanol–water partition coefficient (Wildman–Crippen LogP) is 5.15. The lowest BCUT2D eigenvalue weighted by Gasteiger charge is -2.15. The highest BCUT2D eigenvalue weighted by molar-refractivity contribution is 7.90. The van der Waals surface area contributed by atoms with Crippen LogP contribution in [0.3, 0.4) is 0 Å². The molecule has 0 aliphatic heterocycles. The van der Waals surface area contributed by atoms with E-state index >= 15 is 0 Å². The number of hydrogen-bond acceptors (Lipinski definition) is 3. The van der Waals surface area contributed by atoms with Crippen LogP contribution in [0.2, 0.25) is 0 Å². The topological polar surface area (TPSA) is 51.1 Å². The Morgan fingerprint density at radius 2 is 1.81 bits per heavy atom. The van der Waals surface area contributed by atoms with Crippen molar-refractivity contribution in [2.75, 3.05) is 7.05 Å². The molecule has 0 amide bonds. The van der Waals surface area contributed by atoms with Crippen LogP contribution in [0.4, 0.5) is 17.6 Å². The van der Waals surface area contributed by atoms with Crippen molar-refractivity contribution in [3.8, 4) is 11.3 Å². The molecule has 3 aromatic rings. The van der Waals surface area contributed by atoms with Crippen LogP contribution in [0.5, 0.6) is 0 Å². The highest BCUT2D eigenvalue weighted by Crippen LogP contribution is 2.48. The fraction of sp³-hybridized carbons (Fsp3) is 0.273. The molecular weight excluding hydrogens is 432 g/mol. The van der Waals surface area contributed by atoms with Gasteiger partial charge >= 0.3 is 6.18 Å². The quantitative estimate of drug-likeness (QED) is 0.527. The second-order valence-corrected chi connectivity index (χ2v) is 9.34. The highest BCUT2D eigenvalue weighted by Gasteiger charge is 2.36. The first-order chi connectivity index (χ1) is 14.6. The first-order valence-electron chi connectivity index (χ1n) is 9.71. The number of nitrogens with zero attached hydrogens (tertiary/aromatic N) is 1. The molecular formula is C22H20F4N2O2S. The average molecular weight is 452 g/mol. The summed E-state index contributed by atoms with van der Waals surface area (Å²) in [5.74, 6) is -0.519. The molecule has 0 bridgehead atoms. The Kier molecular flexibility index (Phi) is 5.43. The Labute approximate surface area is 177 Å². The second-order valence-electron chi connectivity index (χ2n) is 7.53. The molecule has 1 aromatic heterocycles. The van der Waals surface area contributed by atoms with Gasteiger partial charge in [-0.1, -0.05) is 18.2 Å². The maximum absolute atomic E-state index is 14.8. The third kappa shape index (κ3) is 3.99. The lowest BCUT2D eigenvalue weighted by atomic mass is 10.0. The molecule has 31 heavy (non-hydrogen) atoms. The largest absolute Gasteiger partial charge is 0.416 e. The lowest BCUT2D eigenvalue weighted by molar-refractivity contribution is -0.137. The van der Waals surface area contributed by atoms with Crippen molar-refractivity contribution in [2.24, 2.45) is 0 Å². The first kappa shape index (κ1) is 21.6. The number of rotatable bonds is 6. The van der Waals surface area contributed by atoms with Gasteiger partial charge in [-0.3, -0.25) is 0 Å². The third-order valence-corrected chi connectivity index (χ3v) is 6.95. The van der Waals surface area contributed by atoms with Crippen LogP contribution in [0, 0.1) is 5.82 Å². The highest BCUT2D eigenvalue weighted by atomic mass is 32.2. The van der Waals surface area contributed by atoms with Gasteiger partial charge in [0.25, 0.3) is 10.0 Å². The number of halogens is 4. The molecule has 1 fully saturated rings. The van der Waals surface area contributed by atoms with Crippen LogP contribution in [0.1, 0.15) is 35.4 Å².